The van der Waals surface area contributed by atoms with Crippen molar-refractivity contribution in [2.75, 3.05) is 0 Å². The number of hydrogen-bond donors (Lipinski definition) is 2. The van der Waals surface area contributed by atoms with Gasteiger partial charge in [0.05, 0.1) is 0 Å². The first kappa shape index (κ1) is 8.97. The molecular weight excluding hydrogens is 212 g/mol. The summed E-state index contributed by atoms with van der Waals surface area (Å²) in [5.74, 6) is 0. The van der Waals surface area contributed by atoms with Gasteiger partial charge in [0, 0.05) is 0 Å². The molecule has 8 nitrogen and oxygen atoms in total. The van der Waals surface area contributed by atoms with E-state index in [9.17, 15) is 8.42 Å². The summed E-state index contributed by atoms with van der Waals surface area (Å²) in [6.45, 7) is 0. The molecule has 0 aromatic carbocycles. The number of rotatable bonds is 0. The summed E-state index contributed by atoms with van der Waals surface area (Å²) in [5, 5.41) is 8.57. The summed E-state index contributed by atoms with van der Waals surface area (Å²) in [6.07, 6.45) is 0.989. The van der Waals surface area contributed by atoms with E-state index < -0.39 is 21.3 Å². The summed E-state index contributed by atoms with van der Waals surface area (Å²) in [6, 6.07) is 0. The van der Waals surface area contributed by atoms with Crippen LogP contribution in [0.5, 0.6) is 0 Å². The molecule has 0 fully saturated rings. The van der Waals surface area contributed by atoms with Crippen molar-refractivity contribution in [2.24, 2.45) is 15.0 Å². The molecule has 14 heavy (non-hydrogen) atoms. The Labute approximate surface area is 78.4 Å². The van der Waals surface area contributed by atoms with Crippen LogP contribution in [0.2, 0.25) is 0 Å². The van der Waals surface area contributed by atoms with Crippen molar-refractivity contribution in [3.05, 3.63) is 0 Å². The van der Waals surface area contributed by atoms with E-state index >= 15 is 0 Å². The maximum absolute atomic E-state index is 10.8. The molecule has 2 aliphatic rings. The van der Waals surface area contributed by atoms with E-state index in [-0.39, 0.29) is 5.71 Å². The highest BCUT2D eigenvalue weighted by atomic mass is 32.2. The van der Waals surface area contributed by atoms with Gasteiger partial charge >= 0.3 is 21.5 Å². The smallest absolute Gasteiger partial charge is 0.338 e. The lowest BCUT2D eigenvalue weighted by Gasteiger charge is -2.07. The van der Waals surface area contributed by atoms with Crippen LogP contribution in [0.25, 0.3) is 0 Å². The molecule has 2 heterocycles. The van der Waals surface area contributed by atoms with Crippen LogP contribution in [0.3, 0.4) is 0 Å². The molecule has 1 atom stereocenters. The van der Waals surface area contributed by atoms with Crippen LogP contribution in [0, 0.1) is 0 Å². The van der Waals surface area contributed by atoms with E-state index in [0.29, 0.717) is 4.74 Å². The molecule has 2 rings (SSSR count). The van der Waals surface area contributed by atoms with Crippen molar-refractivity contribution in [2.45, 2.75) is 6.17 Å². The predicted octanol–water partition coefficient (Wildman–Crippen LogP) is -1.47. The molecule has 0 aliphatic carbocycles. The van der Waals surface area contributed by atoms with Crippen molar-refractivity contribution in [1.82, 2.24) is 0 Å². The lowest BCUT2D eigenvalue weighted by atomic mass is 10.3. The van der Waals surface area contributed by atoms with Crippen LogP contribution in [0.1, 0.15) is 0 Å². The van der Waals surface area contributed by atoms with Crippen LogP contribution in [-0.2, 0) is 10.1 Å². The van der Waals surface area contributed by atoms with E-state index in [1.165, 1.54) is 0 Å². The number of aliphatic imine (C=N–C) groups is 3. The lowest BCUT2D eigenvalue weighted by molar-refractivity contribution is -0.784. The van der Waals surface area contributed by atoms with E-state index in [4.69, 9.17) is 9.76 Å². The highest BCUT2D eigenvalue weighted by molar-refractivity contribution is 8.03. The van der Waals surface area contributed by atoms with Gasteiger partial charge in [0.25, 0.3) is 6.17 Å². The Hall–Kier alpha value is -1.61. The second-order valence-corrected chi connectivity index (χ2v) is 3.89. The number of nitrogens with zero attached hydrogens (tertiary/aromatic N) is 4. The third-order valence-electron chi connectivity index (χ3n) is 1.66. The van der Waals surface area contributed by atoms with Crippen LogP contribution < -0.4 is 0 Å². The fraction of sp³-hybridized carbons (Fsp3) is 0.200. The Morgan fingerprint density at radius 2 is 2.14 bits per heavy atom. The molecule has 2 aliphatic heterocycles. The van der Waals surface area contributed by atoms with Crippen molar-refractivity contribution in [3.63, 3.8) is 0 Å². The molecule has 0 aromatic heterocycles. The average molecular weight is 217 g/mol. The maximum Gasteiger partial charge on any atom is 0.338 e. The molecule has 0 saturated heterocycles. The molecule has 0 bridgehead atoms. The van der Waals surface area contributed by atoms with E-state index in [0.717, 1.165) is 12.7 Å². The lowest BCUT2D eigenvalue weighted by Crippen LogP contribution is -2.41. The van der Waals surface area contributed by atoms with Gasteiger partial charge in [-0.3, -0.25) is 4.55 Å². The Kier molecular flexibility index (Phi) is 1.72. The zero-order valence-corrected chi connectivity index (χ0v) is 7.46. The molecule has 0 spiro atoms. The standard InChI is InChI=1S/C5H4N4O4S/c10-9-2-8-5(14(11,12)13)3-4(9)7-1-6-3/h1-2,4H,(H-,10,11,12,13)/p+1. The Balaban J connectivity index is 2.57. The topological polar surface area (TPSA) is 115 Å². The van der Waals surface area contributed by atoms with E-state index in [2.05, 4.69) is 15.0 Å². The molecule has 74 valence electrons. The number of hydrogen-bond acceptors (Lipinski definition) is 6. The average Bonchev–Trinajstić information content (AvgIpc) is 2.50. The third-order valence-corrected chi connectivity index (χ3v) is 2.46. The van der Waals surface area contributed by atoms with Crippen molar-refractivity contribution in [1.29, 1.82) is 0 Å². The first-order valence-electron chi connectivity index (χ1n) is 3.46. The molecular formula is C5H5N4O4S+. The zero-order chi connectivity index (χ0) is 10.3. The normalized spacial score (nSPS) is 25.2. The van der Waals surface area contributed by atoms with Crippen LogP contribution >= 0.6 is 0 Å². The van der Waals surface area contributed by atoms with Gasteiger partial charge in [0.2, 0.25) is 0 Å². The van der Waals surface area contributed by atoms with Crippen LogP contribution in [0.15, 0.2) is 15.0 Å². The fourth-order valence-electron chi connectivity index (χ4n) is 1.09. The van der Waals surface area contributed by atoms with Gasteiger partial charge in [0.1, 0.15) is 6.34 Å². The van der Waals surface area contributed by atoms with E-state index in [1.807, 2.05) is 0 Å². The highest BCUT2D eigenvalue weighted by Gasteiger charge is 2.42. The minimum absolute atomic E-state index is 0.0995. The number of hydroxylamine groups is 1. The molecule has 0 aromatic rings. The van der Waals surface area contributed by atoms with Crippen molar-refractivity contribution < 1.29 is 22.9 Å². The van der Waals surface area contributed by atoms with Crippen molar-refractivity contribution >= 4 is 33.6 Å². The number of fused-ring (bicyclic) bond motifs is 1. The SMILES string of the molecule is O=S(=O)(O)C1=NC=[N+](O)C2N=CN=C12. The molecule has 0 radical (unpaired) electrons. The van der Waals surface area contributed by atoms with Gasteiger partial charge in [-0.2, -0.15) is 8.42 Å². The predicted molar refractivity (Wildman–Crippen MR) is 46.8 cm³/mol. The molecule has 9 heteroatoms. The van der Waals surface area contributed by atoms with Crippen LogP contribution in [0.4, 0.5) is 0 Å². The Morgan fingerprint density at radius 3 is 2.79 bits per heavy atom. The third kappa shape index (κ3) is 1.22. The van der Waals surface area contributed by atoms with E-state index in [1.54, 1.807) is 0 Å². The fourth-order valence-corrected chi connectivity index (χ4v) is 1.70. The van der Waals surface area contributed by atoms with Gasteiger partial charge in [-0.1, -0.05) is 4.74 Å². The highest BCUT2D eigenvalue weighted by Crippen LogP contribution is 2.10. The largest absolute Gasteiger partial charge is 0.353 e. The van der Waals surface area contributed by atoms with Gasteiger partial charge in [-0.25, -0.2) is 9.98 Å². The summed E-state index contributed by atoms with van der Waals surface area (Å²) < 4.78 is 31.0. The maximum atomic E-state index is 10.8. The first-order valence-corrected chi connectivity index (χ1v) is 4.90. The molecule has 2 N–H and O–H groups in total. The Morgan fingerprint density at radius 1 is 1.43 bits per heavy atom. The van der Waals surface area contributed by atoms with Gasteiger partial charge < -0.3 is 5.21 Å². The quantitative estimate of drug-likeness (QED) is 0.292. The minimum atomic E-state index is -4.43. The second-order valence-electron chi connectivity index (χ2n) is 2.56. The van der Waals surface area contributed by atoms with Gasteiger partial charge in [-0.15, -0.1) is 0 Å². The van der Waals surface area contributed by atoms with Gasteiger partial charge in [0.15, 0.2) is 5.71 Å². The minimum Gasteiger partial charge on any atom is -0.353 e. The second kappa shape index (κ2) is 2.69. The van der Waals surface area contributed by atoms with Gasteiger partial charge in [-0.05, 0) is 4.99 Å². The monoisotopic (exact) mass is 217 g/mol. The molecule has 0 saturated carbocycles. The van der Waals surface area contributed by atoms with Crippen molar-refractivity contribution in [3.8, 4) is 0 Å². The Bertz CT molecular complexity index is 500. The summed E-state index contributed by atoms with van der Waals surface area (Å²) >= 11 is 0. The summed E-state index contributed by atoms with van der Waals surface area (Å²) in [5.41, 5.74) is -0.0995. The van der Waals surface area contributed by atoms with Crippen LogP contribution in [-0.4, -0.2) is 52.5 Å². The zero-order valence-electron chi connectivity index (χ0n) is 6.64. The summed E-state index contributed by atoms with van der Waals surface area (Å²) in [4.78, 5) is 10.6. The first-order chi connectivity index (χ1) is 6.50. The summed E-state index contributed by atoms with van der Waals surface area (Å²) in [7, 11) is -4.43. The molecule has 0 amide bonds. The molecule has 1 unspecified atom stereocenters.